The van der Waals surface area contributed by atoms with Crippen LogP contribution in [0.1, 0.15) is 105 Å². The molecule has 4 rings (SSSR count). The first kappa shape index (κ1) is 24.3. The van der Waals surface area contributed by atoms with Gasteiger partial charge in [-0.1, -0.05) is 52.2 Å². The second-order valence-electron chi connectivity index (χ2n) is 12.7. The lowest BCUT2D eigenvalue weighted by Gasteiger charge is -2.58. The van der Waals surface area contributed by atoms with Crippen LogP contribution in [0.25, 0.3) is 0 Å². The highest BCUT2D eigenvalue weighted by Gasteiger charge is 2.59. The Bertz CT molecular complexity index is 713. The molecule has 0 aliphatic heterocycles. The van der Waals surface area contributed by atoms with Crippen molar-refractivity contribution < 1.29 is 14.6 Å². The molecule has 0 radical (unpaired) electrons. The average Bonchev–Trinajstić information content (AvgIpc) is 3.10. The maximum atomic E-state index is 11.5. The lowest BCUT2D eigenvalue weighted by molar-refractivity contribution is -0.148. The van der Waals surface area contributed by atoms with E-state index in [0.29, 0.717) is 23.4 Å². The third kappa shape index (κ3) is 4.32. The van der Waals surface area contributed by atoms with Gasteiger partial charge >= 0.3 is 5.97 Å². The largest absolute Gasteiger partial charge is 0.462 e. The number of ether oxygens (including phenoxy) is 1. The third-order valence-corrected chi connectivity index (χ3v) is 10.8. The number of aliphatic hydroxyl groups is 1. The normalized spacial score (nSPS) is 42.8. The number of allylic oxidation sites excluding steroid dienone is 1. The lowest BCUT2D eigenvalue weighted by atomic mass is 9.47. The zero-order valence-electron chi connectivity index (χ0n) is 21.4. The van der Waals surface area contributed by atoms with Crippen molar-refractivity contribution in [2.45, 2.75) is 111 Å². The first-order valence-corrected chi connectivity index (χ1v) is 13.7. The average molecular weight is 445 g/mol. The van der Waals surface area contributed by atoms with Crippen LogP contribution in [0.15, 0.2) is 11.6 Å². The molecule has 0 bridgehead atoms. The van der Waals surface area contributed by atoms with Crippen LogP contribution in [0.2, 0.25) is 0 Å². The Labute approximate surface area is 196 Å². The monoisotopic (exact) mass is 444 g/mol. The Balaban J connectivity index is 1.44. The Hall–Kier alpha value is -0.830. The quantitative estimate of drug-likeness (QED) is 0.342. The van der Waals surface area contributed by atoms with E-state index in [9.17, 15) is 9.90 Å². The summed E-state index contributed by atoms with van der Waals surface area (Å²) in [4.78, 5) is 11.5. The molecule has 182 valence electrons. The summed E-state index contributed by atoms with van der Waals surface area (Å²) in [7, 11) is 0. The van der Waals surface area contributed by atoms with Crippen LogP contribution in [0.4, 0.5) is 0 Å². The second kappa shape index (κ2) is 9.43. The van der Waals surface area contributed by atoms with Crippen LogP contribution < -0.4 is 0 Å². The molecule has 4 aliphatic rings. The second-order valence-corrected chi connectivity index (χ2v) is 12.7. The summed E-state index contributed by atoms with van der Waals surface area (Å²) in [6.45, 7) is 11.8. The van der Waals surface area contributed by atoms with Gasteiger partial charge in [0.2, 0.25) is 0 Å². The maximum Gasteiger partial charge on any atom is 0.302 e. The maximum absolute atomic E-state index is 11.5. The van der Waals surface area contributed by atoms with Crippen molar-refractivity contribution in [1.82, 2.24) is 0 Å². The van der Waals surface area contributed by atoms with Crippen LogP contribution in [0.5, 0.6) is 0 Å². The molecule has 0 amide bonds. The highest BCUT2D eigenvalue weighted by atomic mass is 16.5. The van der Waals surface area contributed by atoms with E-state index in [4.69, 9.17) is 4.74 Å². The third-order valence-electron chi connectivity index (χ3n) is 10.8. The minimum atomic E-state index is -0.127. The first-order chi connectivity index (χ1) is 15.2. The zero-order chi connectivity index (χ0) is 23.1. The Morgan fingerprint density at radius 2 is 1.91 bits per heavy atom. The fraction of sp³-hybridized carbons (Fsp3) is 0.897. The van der Waals surface area contributed by atoms with Gasteiger partial charge in [-0.2, -0.15) is 0 Å². The molecule has 0 aromatic heterocycles. The van der Waals surface area contributed by atoms with Crippen LogP contribution in [0.3, 0.4) is 0 Å². The number of carbonyl (C=O) groups is 1. The van der Waals surface area contributed by atoms with Gasteiger partial charge in [0.05, 0.1) is 0 Å². The molecule has 0 saturated heterocycles. The van der Waals surface area contributed by atoms with E-state index in [0.717, 1.165) is 42.4 Å². The van der Waals surface area contributed by atoms with Gasteiger partial charge in [-0.15, -0.1) is 0 Å². The molecule has 0 heterocycles. The summed E-state index contributed by atoms with van der Waals surface area (Å²) in [6, 6.07) is 0. The van der Waals surface area contributed by atoms with Crippen LogP contribution >= 0.6 is 0 Å². The molecular weight excluding hydrogens is 396 g/mol. The topological polar surface area (TPSA) is 46.5 Å². The molecule has 0 unspecified atom stereocenters. The minimum absolute atomic E-state index is 0.0995. The molecule has 9 atom stereocenters. The molecular formula is C29H48O3. The summed E-state index contributed by atoms with van der Waals surface area (Å²) in [5, 5.41) is 9.35. The number of aliphatic hydroxyl groups excluding tert-OH is 1. The van der Waals surface area contributed by atoms with E-state index in [-0.39, 0.29) is 12.1 Å². The van der Waals surface area contributed by atoms with Crippen molar-refractivity contribution in [3.05, 3.63) is 11.6 Å². The van der Waals surface area contributed by atoms with Crippen molar-refractivity contribution in [3.63, 3.8) is 0 Å². The van der Waals surface area contributed by atoms with Gasteiger partial charge in [0, 0.05) is 20.0 Å². The summed E-state index contributed by atoms with van der Waals surface area (Å²) in [5.41, 5.74) is 2.44. The minimum Gasteiger partial charge on any atom is -0.462 e. The first-order valence-electron chi connectivity index (χ1n) is 13.7. The van der Waals surface area contributed by atoms with Crippen LogP contribution in [-0.4, -0.2) is 23.8 Å². The highest BCUT2D eigenvalue weighted by molar-refractivity contribution is 5.66. The molecule has 3 heteroatoms. The number of hydrogen-bond acceptors (Lipinski definition) is 3. The number of carbonyl (C=O) groups excluding carboxylic acids is 1. The lowest BCUT2D eigenvalue weighted by Crippen LogP contribution is -2.51. The van der Waals surface area contributed by atoms with Crippen LogP contribution in [-0.2, 0) is 9.53 Å². The van der Waals surface area contributed by atoms with E-state index in [1.54, 1.807) is 12.5 Å². The van der Waals surface area contributed by atoms with Crippen molar-refractivity contribution >= 4 is 5.97 Å². The Kier molecular flexibility index (Phi) is 7.16. The predicted molar refractivity (Wildman–Crippen MR) is 130 cm³/mol. The van der Waals surface area contributed by atoms with Crippen molar-refractivity contribution in [3.8, 4) is 0 Å². The molecule has 0 spiro atoms. The van der Waals surface area contributed by atoms with E-state index in [1.165, 1.54) is 57.8 Å². The van der Waals surface area contributed by atoms with Gasteiger partial charge in [-0.3, -0.25) is 4.79 Å². The number of hydrogen-bond donors (Lipinski definition) is 1. The molecule has 32 heavy (non-hydrogen) atoms. The number of rotatable bonds is 7. The number of fused-ring (bicyclic) bond motifs is 5. The van der Waals surface area contributed by atoms with Gasteiger partial charge in [-0.25, -0.2) is 0 Å². The molecule has 1 N–H and O–H groups in total. The number of esters is 1. The summed E-state index contributed by atoms with van der Waals surface area (Å²) < 4.78 is 5.61. The van der Waals surface area contributed by atoms with Crippen molar-refractivity contribution in [1.29, 1.82) is 0 Å². The van der Waals surface area contributed by atoms with Gasteiger partial charge in [0.15, 0.2) is 0 Å². The highest BCUT2D eigenvalue weighted by Crippen LogP contribution is 2.67. The zero-order valence-corrected chi connectivity index (χ0v) is 21.4. The molecule has 0 aromatic carbocycles. The van der Waals surface area contributed by atoms with Gasteiger partial charge in [0.1, 0.15) is 6.10 Å². The Morgan fingerprint density at radius 1 is 1.12 bits per heavy atom. The van der Waals surface area contributed by atoms with E-state index >= 15 is 0 Å². The van der Waals surface area contributed by atoms with E-state index in [1.807, 2.05) is 0 Å². The molecule has 3 saturated carbocycles. The fourth-order valence-electron chi connectivity index (χ4n) is 9.02. The van der Waals surface area contributed by atoms with Gasteiger partial charge in [0.25, 0.3) is 0 Å². The fourth-order valence-corrected chi connectivity index (χ4v) is 9.02. The smallest absolute Gasteiger partial charge is 0.302 e. The van der Waals surface area contributed by atoms with E-state index in [2.05, 4.69) is 33.8 Å². The SMILES string of the molecule is CC(=O)O[C@H]1CC[C@@]2(C)C(=CC[C@H]3[C@@H]4CC[C@@H]([C@H](C)CCC[C@H](C)CO)[C@@]4(C)CC[C@@H]32)C1. The summed E-state index contributed by atoms with van der Waals surface area (Å²) >= 11 is 0. The van der Waals surface area contributed by atoms with Crippen molar-refractivity contribution in [2.24, 2.45) is 46.3 Å². The van der Waals surface area contributed by atoms with Crippen LogP contribution in [0, 0.1) is 46.3 Å². The molecule has 3 nitrogen and oxygen atoms in total. The standard InChI is InChI=1S/C29H48O3/c1-19(18-30)7-6-8-20(2)25-11-12-26-24-10-9-22-17-23(32-21(3)31)13-15-28(22,4)27(24)14-16-29(25,26)5/h9,19-20,23-27,30H,6-8,10-18H2,1-5H3/t19-,20+,23-,24-,25-,26-,27-,28-,29+/m0/s1. The predicted octanol–water partition coefficient (Wildman–Crippen LogP) is 6.93. The molecule has 0 aromatic rings. The molecule has 3 fully saturated rings. The van der Waals surface area contributed by atoms with Gasteiger partial charge in [-0.05, 0) is 97.7 Å². The van der Waals surface area contributed by atoms with Gasteiger partial charge < -0.3 is 9.84 Å². The molecule has 4 aliphatic carbocycles. The Morgan fingerprint density at radius 3 is 2.62 bits per heavy atom. The van der Waals surface area contributed by atoms with E-state index < -0.39 is 0 Å². The van der Waals surface area contributed by atoms with Crippen molar-refractivity contribution in [2.75, 3.05) is 6.61 Å². The summed E-state index contributed by atoms with van der Waals surface area (Å²) in [5.74, 6) is 4.54. The summed E-state index contributed by atoms with van der Waals surface area (Å²) in [6.07, 6.45) is 16.5.